The maximum absolute atomic E-state index is 12.7. The van der Waals surface area contributed by atoms with Gasteiger partial charge in [-0.15, -0.1) is 0 Å². The van der Waals surface area contributed by atoms with Gasteiger partial charge in [-0.1, -0.05) is 6.07 Å². The Kier molecular flexibility index (Phi) is 6.13. The van der Waals surface area contributed by atoms with Gasteiger partial charge in [-0.25, -0.2) is 9.97 Å². The summed E-state index contributed by atoms with van der Waals surface area (Å²) in [5.41, 5.74) is 2.48. The number of hydrogen-bond donors (Lipinski definition) is 2. The zero-order valence-corrected chi connectivity index (χ0v) is 16.6. The van der Waals surface area contributed by atoms with Gasteiger partial charge in [-0.3, -0.25) is 4.79 Å². The Hall–Kier alpha value is -3.81. The van der Waals surface area contributed by atoms with Crippen LogP contribution in [0.1, 0.15) is 16.1 Å². The Labute approximate surface area is 168 Å². The molecule has 2 N–H and O–H groups in total. The number of carbonyl (C=O) groups excluding carboxylic acids is 1. The van der Waals surface area contributed by atoms with Crippen molar-refractivity contribution in [2.45, 2.75) is 6.92 Å². The molecule has 1 amide bonds. The molecule has 0 aliphatic carbocycles. The van der Waals surface area contributed by atoms with E-state index in [4.69, 9.17) is 14.2 Å². The number of ether oxygens (including phenoxy) is 3. The largest absolute Gasteiger partial charge is 0.495 e. The van der Waals surface area contributed by atoms with E-state index in [1.807, 2.05) is 19.1 Å². The second-order valence-corrected chi connectivity index (χ2v) is 6.12. The number of methoxy groups -OCH3 is 3. The molecule has 1 aromatic heterocycles. The number of aromatic nitrogens is 2. The average molecular weight is 394 g/mol. The first-order valence-corrected chi connectivity index (χ1v) is 8.82. The summed E-state index contributed by atoms with van der Waals surface area (Å²) in [6, 6.07) is 12.4. The van der Waals surface area contributed by atoms with Crippen molar-refractivity contribution in [3.63, 3.8) is 0 Å². The molecule has 150 valence electrons. The lowest BCUT2D eigenvalue weighted by Gasteiger charge is -2.12. The van der Waals surface area contributed by atoms with Crippen LogP contribution in [0.15, 0.2) is 48.7 Å². The maximum atomic E-state index is 12.7. The van der Waals surface area contributed by atoms with Crippen LogP contribution in [0.2, 0.25) is 0 Å². The minimum atomic E-state index is -0.369. The fourth-order valence-corrected chi connectivity index (χ4v) is 2.69. The van der Waals surface area contributed by atoms with Gasteiger partial charge in [0.2, 0.25) is 5.95 Å². The number of aryl methyl sites for hydroxylation is 1. The molecule has 0 spiro atoms. The third kappa shape index (κ3) is 4.73. The van der Waals surface area contributed by atoms with Crippen LogP contribution in [0.4, 0.5) is 17.3 Å². The van der Waals surface area contributed by atoms with E-state index in [-0.39, 0.29) is 17.5 Å². The number of hydrogen-bond acceptors (Lipinski definition) is 7. The maximum Gasteiger partial charge on any atom is 0.274 e. The Balaban J connectivity index is 1.79. The summed E-state index contributed by atoms with van der Waals surface area (Å²) in [6.07, 6.45) is 1.51. The summed E-state index contributed by atoms with van der Waals surface area (Å²) in [6.45, 7) is 1.94. The summed E-state index contributed by atoms with van der Waals surface area (Å²) in [7, 11) is 4.68. The number of rotatable bonds is 7. The fourth-order valence-electron chi connectivity index (χ4n) is 2.69. The third-order valence-corrected chi connectivity index (χ3v) is 4.13. The van der Waals surface area contributed by atoms with Crippen molar-refractivity contribution in [1.82, 2.24) is 9.97 Å². The van der Waals surface area contributed by atoms with Crippen molar-refractivity contribution in [1.29, 1.82) is 0 Å². The molecule has 0 aliphatic heterocycles. The summed E-state index contributed by atoms with van der Waals surface area (Å²) < 4.78 is 15.8. The van der Waals surface area contributed by atoms with E-state index in [2.05, 4.69) is 20.6 Å². The molecular weight excluding hydrogens is 372 g/mol. The number of anilines is 3. The highest BCUT2D eigenvalue weighted by Gasteiger charge is 2.13. The van der Waals surface area contributed by atoms with Crippen molar-refractivity contribution in [2.75, 3.05) is 32.0 Å². The summed E-state index contributed by atoms with van der Waals surface area (Å²) in [4.78, 5) is 21.1. The van der Waals surface area contributed by atoms with Crippen LogP contribution in [0, 0.1) is 6.92 Å². The van der Waals surface area contributed by atoms with Crippen LogP contribution >= 0.6 is 0 Å². The first kappa shape index (κ1) is 19.9. The van der Waals surface area contributed by atoms with E-state index in [0.717, 1.165) is 5.56 Å². The van der Waals surface area contributed by atoms with Crippen molar-refractivity contribution >= 4 is 23.2 Å². The highest BCUT2D eigenvalue weighted by Crippen LogP contribution is 2.30. The quantitative estimate of drug-likeness (QED) is 0.629. The summed E-state index contributed by atoms with van der Waals surface area (Å²) in [5, 5.41) is 5.88. The van der Waals surface area contributed by atoms with Gasteiger partial charge in [-0.05, 0) is 42.8 Å². The highest BCUT2D eigenvalue weighted by atomic mass is 16.5. The number of nitrogens with zero attached hydrogens (tertiary/aromatic N) is 2. The van der Waals surface area contributed by atoms with Crippen LogP contribution in [0.3, 0.4) is 0 Å². The van der Waals surface area contributed by atoms with Crippen molar-refractivity contribution in [3.8, 4) is 17.2 Å². The summed E-state index contributed by atoms with van der Waals surface area (Å²) in [5.74, 6) is 1.66. The Morgan fingerprint density at radius 2 is 1.62 bits per heavy atom. The van der Waals surface area contributed by atoms with E-state index in [9.17, 15) is 4.79 Å². The number of amides is 1. The molecule has 8 nitrogen and oxygen atoms in total. The molecule has 0 saturated heterocycles. The predicted molar refractivity (Wildman–Crippen MR) is 111 cm³/mol. The molecule has 1 heterocycles. The van der Waals surface area contributed by atoms with Gasteiger partial charge in [0.05, 0.1) is 27.0 Å². The molecule has 0 saturated carbocycles. The SMILES string of the molecule is COc1ccc(C)cc1NC(=O)c1ccnc(Nc2ccc(OC)c(OC)c2)n1. The lowest BCUT2D eigenvalue weighted by atomic mass is 10.2. The van der Waals surface area contributed by atoms with Crippen molar-refractivity contribution in [3.05, 3.63) is 59.9 Å². The number of nitrogens with one attached hydrogen (secondary N) is 2. The van der Waals surface area contributed by atoms with Crippen LogP contribution in [0.5, 0.6) is 17.2 Å². The van der Waals surface area contributed by atoms with Crippen LogP contribution in [-0.4, -0.2) is 37.2 Å². The zero-order chi connectivity index (χ0) is 20.8. The van der Waals surface area contributed by atoms with E-state index in [1.165, 1.54) is 12.3 Å². The van der Waals surface area contributed by atoms with Gasteiger partial charge in [-0.2, -0.15) is 0 Å². The first-order valence-electron chi connectivity index (χ1n) is 8.82. The highest BCUT2D eigenvalue weighted by molar-refractivity contribution is 6.03. The first-order chi connectivity index (χ1) is 14.0. The molecular formula is C21H22N4O4. The van der Waals surface area contributed by atoms with Gasteiger partial charge in [0.15, 0.2) is 11.5 Å². The molecule has 0 aliphatic rings. The average Bonchev–Trinajstić information content (AvgIpc) is 2.74. The van der Waals surface area contributed by atoms with Crippen LogP contribution in [0.25, 0.3) is 0 Å². The minimum Gasteiger partial charge on any atom is -0.495 e. The molecule has 3 rings (SSSR count). The second-order valence-electron chi connectivity index (χ2n) is 6.12. The lowest BCUT2D eigenvalue weighted by Crippen LogP contribution is -2.15. The fraction of sp³-hybridized carbons (Fsp3) is 0.190. The normalized spacial score (nSPS) is 10.2. The van der Waals surface area contributed by atoms with Gasteiger partial charge >= 0.3 is 0 Å². The topological polar surface area (TPSA) is 94.6 Å². The van der Waals surface area contributed by atoms with Crippen molar-refractivity contribution in [2.24, 2.45) is 0 Å². The molecule has 0 unspecified atom stereocenters. The molecule has 0 bridgehead atoms. The molecule has 8 heteroatoms. The minimum absolute atomic E-state index is 0.214. The number of carbonyl (C=O) groups is 1. The molecule has 2 aromatic carbocycles. The van der Waals surface area contributed by atoms with E-state index < -0.39 is 0 Å². The smallest absolute Gasteiger partial charge is 0.274 e. The molecule has 0 atom stereocenters. The molecule has 0 fully saturated rings. The number of benzene rings is 2. The third-order valence-electron chi connectivity index (χ3n) is 4.13. The van der Waals surface area contributed by atoms with Crippen molar-refractivity contribution < 1.29 is 19.0 Å². The molecule has 0 radical (unpaired) electrons. The summed E-state index contributed by atoms with van der Waals surface area (Å²) >= 11 is 0. The van der Waals surface area contributed by atoms with Crippen LogP contribution < -0.4 is 24.8 Å². The molecule has 3 aromatic rings. The van der Waals surface area contributed by atoms with Gasteiger partial charge in [0, 0.05) is 18.0 Å². The predicted octanol–water partition coefficient (Wildman–Crippen LogP) is 3.81. The monoisotopic (exact) mass is 394 g/mol. The Morgan fingerprint density at radius 3 is 2.34 bits per heavy atom. The zero-order valence-electron chi connectivity index (χ0n) is 16.6. The van der Waals surface area contributed by atoms with Gasteiger partial charge in [0.25, 0.3) is 5.91 Å². The van der Waals surface area contributed by atoms with E-state index in [1.54, 1.807) is 45.6 Å². The van der Waals surface area contributed by atoms with E-state index >= 15 is 0 Å². The Morgan fingerprint density at radius 1 is 0.897 bits per heavy atom. The van der Waals surface area contributed by atoms with Gasteiger partial charge in [0.1, 0.15) is 11.4 Å². The molecule has 29 heavy (non-hydrogen) atoms. The van der Waals surface area contributed by atoms with Gasteiger partial charge < -0.3 is 24.8 Å². The lowest BCUT2D eigenvalue weighted by molar-refractivity contribution is 0.102. The standard InChI is InChI=1S/C21H22N4O4/c1-13-5-7-17(27-2)16(11-13)24-20(26)15-9-10-22-21(25-15)23-14-6-8-18(28-3)19(12-14)29-4/h5-12H,1-4H3,(H,24,26)(H,22,23,25). The van der Waals surface area contributed by atoms with E-state index in [0.29, 0.717) is 28.6 Å². The second kappa shape index (κ2) is 8.92. The Bertz CT molecular complexity index is 1020. The van der Waals surface area contributed by atoms with Crippen LogP contribution in [-0.2, 0) is 0 Å².